The number of carbonyl (C=O) groups is 1. The molecule has 0 amide bonds. The van der Waals surface area contributed by atoms with E-state index in [1.54, 1.807) is 20.0 Å². The number of aromatic nitrogens is 5. The molecule has 7 nitrogen and oxygen atoms in total. The number of esters is 1. The van der Waals surface area contributed by atoms with Gasteiger partial charge in [-0.2, -0.15) is 0 Å². The third kappa shape index (κ3) is 2.27. The zero-order valence-corrected chi connectivity index (χ0v) is 9.49. The van der Waals surface area contributed by atoms with Crippen LogP contribution in [0.5, 0.6) is 0 Å². The summed E-state index contributed by atoms with van der Waals surface area (Å²) in [7, 11) is 0. The van der Waals surface area contributed by atoms with Crippen LogP contribution in [-0.4, -0.2) is 37.5 Å². The molecule has 0 aliphatic heterocycles. The molecule has 2 aromatic heterocycles. The summed E-state index contributed by atoms with van der Waals surface area (Å²) in [6.07, 6.45) is 4.64. The van der Waals surface area contributed by atoms with Crippen molar-refractivity contribution >= 4 is 5.97 Å². The first-order valence-corrected chi connectivity index (χ1v) is 5.10. The number of carbonyl (C=O) groups excluding carboxylic acids is 1. The third-order valence-corrected chi connectivity index (χ3v) is 2.06. The maximum absolute atomic E-state index is 11.5. The van der Waals surface area contributed by atoms with Gasteiger partial charge in [0, 0.05) is 0 Å². The van der Waals surface area contributed by atoms with E-state index in [0.717, 1.165) is 0 Å². The molecule has 0 saturated heterocycles. The molecule has 0 unspecified atom stereocenters. The van der Waals surface area contributed by atoms with Crippen molar-refractivity contribution in [3.63, 3.8) is 0 Å². The molecular weight excluding hydrogens is 222 g/mol. The van der Waals surface area contributed by atoms with Crippen LogP contribution >= 0.6 is 0 Å². The molecule has 0 radical (unpaired) electrons. The molecule has 0 spiro atoms. The maximum atomic E-state index is 11.5. The molecule has 0 aliphatic rings. The summed E-state index contributed by atoms with van der Waals surface area (Å²) in [5, 5.41) is 7.46. The summed E-state index contributed by atoms with van der Waals surface area (Å²) >= 11 is 0. The van der Waals surface area contributed by atoms with Crippen molar-refractivity contribution in [2.45, 2.75) is 13.8 Å². The van der Waals surface area contributed by atoms with E-state index in [-0.39, 0.29) is 5.69 Å². The van der Waals surface area contributed by atoms with Crippen LogP contribution in [-0.2, 0) is 4.74 Å². The molecule has 7 heteroatoms. The number of hydrogen-bond acceptors (Lipinski definition) is 6. The zero-order valence-electron chi connectivity index (χ0n) is 9.49. The minimum absolute atomic E-state index is 0.218. The quantitative estimate of drug-likeness (QED) is 0.719. The van der Waals surface area contributed by atoms with Gasteiger partial charge in [0.1, 0.15) is 0 Å². The fourth-order valence-electron chi connectivity index (χ4n) is 1.31. The van der Waals surface area contributed by atoms with Crippen LogP contribution in [0.4, 0.5) is 0 Å². The lowest BCUT2D eigenvalue weighted by Gasteiger charge is -2.05. The summed E-state index contributed by atoms with van der Waals surface area (Å²) in [5.41, 5.74) is 0.715. The second-order valence-corrected chi connectivity index (χ2v) is 3.23. The summed E-state index contributed by atoms with van der Waals surface area (Å²) in [5.74, 6) is 0.0377. The molecule has 0 bridgehead atoms. The highest BCUT2D eigenvalue weighted by Gasteiger charge is 2.14. The maximum Gasteiger partial charge on any atom is 0.358 e. The predicted octanol–water partition coefficient (Wildman–Crippen LogP) is 0.542. The monoisotopic (exact) mass is 233 g/mol. The summed E-state index contributed by atoms with van der Waals surface area (Å²) in [6, 6.07) is 0. The van der Waals surface area contributed by atoms with Crippen molar-refractivity contribution in [3.8, 4) is 5.82 Å². The third-order valence-electron chi connectivity index (χ3n) is 2.06. The molecule has 0 saturated carbocycles. The Kier molecular flexibility index (Phi) is 3.08. The number of nitrogens with zero attached hydrogens (tertiary/aromatic N) is 5. The number of rotatable bonds is 3. The summed E-state index contributed by atoms with van der Waals surface area (Å²) < 4.78 is 6.33. The van der Waals surface area contributed by atoms with Gasteiger partial charge in [0.05, 0.1) is 30.9 Å². The lowest BCUT2D eigenvalue weighted by molar-refractivity contribution is 0.0518. The van der Waals surface area contributed by atoms with E-state index >= 15 is 0 Å². The molecule has 0 aromatic carbocycles. The van der Waals surface area contributed by atoms with Crippen LogP contribution in [0.3, 0.4) is 0 Å². The van der Waals surface area contributed by atoms with E-state index in [2.05, 4.69) is 20.3 Å². The van der Waals surface area contributed by atoms with Gasteiger partial charge in [-0.1, -0.05) is 5.21 Å². The van der Waals surface area contributed by atoms with Gasteiger partial charge in [0.2, 0.25) is 0 Å². The lowest BCUT2D eigenvalue weighted by Crippen LogP contribution is -2.12. The van der Waals surface area contributed by atoms with Crippen LogP contribution in [0.25, 0.3) is 5.82 Å². The first-order chi connectivity index (χ1) is 8.22. The van der Waals surface area contributed by atoms with Gasteiger partial charge in [-0.05, 0) is 13.8 Å². The van der Waals surface area contributed by atoms with Gasteiger partial charge in [0.25, 0.3) is 0 Å². The van der Waals surface area contributed by atoms with E-state index in [9.17, 15) is 4.79 Å². The highest BCUT2D eigenvalue weighted by Crippen LogP contribution is 2.07. The second-order valence-electron chi connectivity index (χ2n) is 3.23. The first kappa shape index (κ1) is 11.2. The molecule has 0 N–H and O–H groups in total. The van der Waals surface area contributed by atoms with Gasteiger partial charge < -0.3 is 4.74 Å². The van der Waals surface area contributed by atoms with Gasteiger partial charge in [-0.3, -0.25) is 0 Å². The van der Waals surface area contributed by atoms with Crippen molar-refractivity contribution in [2.24, 2.45) is 0 Å². The Balaban J connectivity index is 2.32. The molecule has 2 rings (SSSR count). The Hall–Kier alpha value is -2.31. The average molecular weight is 233 g/mol. The van der Waals surface area contributed by atoms with Crippen molar-refractivity contribution in [1.82, 2.24) is 25.0 Å². The van der Waals surface area contributed by atoms with Crippen LogP contribution < -0.4 is 0 Å². The van der Waals surface area contributed by atoms with Gasteiger partial charge in [0.15, 0.2) is 11.5 Å². The second kappa shape index (κ2) is 4.69. The number of hydrogen-bond donors (Lipinski definition) is 0. The smallest absolute Gasteiger partial charge is 0.358 e. The topological polar surface area (TPSA) is 82.8 Å². The Labute approximate surface area is 97.5 Å². The highest BCUT2D eigenvalue weighted by atomic mass is 16.5. The van der Waals surface area contributed by atoms with Crippen molar-refractivity contribution in [3.05, 3.63) is 30.0 Å². The molecule has 0 aliphatic carbocycles. The van der Waals surface area contributed by atoms with Gasteiger partial charge in [-0.25, -0.2) is 19.4 Å². The van der Waals surface area contributed by atoms with Crippen LogP contribution in [0.15, 0.2) is 18.6 Å². The molecular formula is C10H11N5O2. The lowest BCUT2D eigenvalue weighted by atomic mass is 10.3. The Morgan fingerprint density at radius 2 is 2.35 bits per heavy atom. The minimum Gasteiger partial charge on any atom is -0.461 e. The predicted molar refractivity (Wildman–Crippen MR) is 57.6 cm³/mol. The van der Waals surface area contributed by atoms with Gasteiger partial charge >= 0.3 is 5.97 Å². The van der Waals surface area contributed by atoms with Crippen molar-refractivity contribution in [2.75, 3.05) is 6.61 Å². The standard InChI is InChI=1S/C10H11N5O2/c1-3-17-10(16)9-7(2)13-8(6-11-9)15-5-4-12-14-15/h4-6H,3H2,1-2H3. The Morgan fingerprint density at radius 1 is 1.53 bits per heavy atom. The van der Waals surface area contributed by atoms with E-state index in [1.165, 1.54) is 17.1 Å². The van der Waals surface area contributed by atoms with Gasteiger partial charge in [-0.15, -0.1) is 5.10 Å². The fraction of sp³-hybridized carbons (Fsp3) is 0.300. The van der Waals surface area contributed by atoms with E-state index in [0.29, 0.717) is 18.1 Å². The zero-order chi connectivity index (χ0) is 12.3. The number of ether oxygens (including phenoxy) is 1. The fourth-order valence-corrected chi connectivity index (χ4v) is 1.31. The Morgan fingerprint density at radius 3 is 2.94 bits per heavy atom. The molecule has 2 heterocycles. The minimum atomic E-state index is -0.470. The Bertz CT molecular complexity index is 523. The molecule has 88 valence electrons. The molecule has 0 atom stereocenters. The van der Waals surface area contributed by atoms with Crippen molar-refractivity contribution in [1.29, 1.82) is 0 Å². The number of aryl methyl sites for hydroxylation is 1. The van der Waals surface area contributed by atoms with E-state index < -0.39 is 5.97 Å². The molecule has 17 heavy (non-hydrogen) atoms. The largest absolute Gasteiger partial charge is 0.461 e. The first-order valence-electron chi connectivity index (χ1n) is 5.10. The van der Waals surface area contributed by atoms with E-state index in [1.807, 2.05) is 0 Å². The highest BCUT2D eigenvalue weighted by molar-refractivity contribution is 5.88. The van der Waals surface area contributed by atoms with Crippen LogP contribution in [0.1, 0.15) is 23.1 Å². The SMILES string of the molecule is CCOC(=O)c1ncc(-n2ccnn2)nc1C. The van der Waals surface area contributed by atoms with E-state index in [4.69, 9.17) is 4.74 Å². The molecule has 2 aromatic rings. The summed E-state index contributed by atoms with van der Waals surface area (Å²) in [4.78, 5) is 19.7. The normalized spacial score (nSPS) is 10.2. The van der Waals surface area contributed by atoms with Crippen LogP contribution in [0.2, 0.25) is 0 Å². The average Bonchev–Trinajstić information content (AvgIpc) is 2.82. The van der Waals surface area contributed by atoms with Crippen molar-refractivity contribution < 1.29 is 9.53 Å². The van der Waals surface area contributed by atoms with Crippen LogP contribution in [0, 0.1) is 6.92 Å². The summed E-state index contributed by atoms with van der Waals surface area (Å²) in [6.45, 7) is 3.74. The molecule has 0 fully saturated rings.